The molecule has 3 N–H and O–H groups in total. The highest BCUT2D eigenvalue weighted by Crippen LogP contribution is 2.26. The Morgan fingerprint density at radius 1 is 1.23 bits per heavy atom. The van der Waals surface area contributed by atoms with Crippen LogP contribution in [0, 0.1) is 6.92 Å². The average molecular weight is 348 g/mol. The number of nitrogens with one attached hydrogen (secondary N) is 1. The lowest BCUT2D eigenvalue weighted by Crippen LogP contribution is -2.14. The maximum atomic E-state index is 12.7. The van der Waals surface area contributed by atoms with Gasteiger partial charge in [-0.3, -0.25) is 9.78 Å². The van der Waals surface area contributed by atoms with Crippen molar-refractivity contribution in [3.63, 3.8) is 0 Å². The molecule has 0 spiro atoms. The van der Waals surface area contributed by atoms with Gasteiger partial charge in [0.2, 0.25) is 0 Å². The molecule has 3 heterocycles. The van der Waals surface area contributed by atoms with Gasteiger partial charge in [-0.05, 0) is 37.3 Å². The van der Waals surface area contributed by atoms with Gasteiger partial charge in [0, 0.05) is 11.9 Å². The molecule has 1 amide bonds. The molecule has 3 aromatic rings. The number of amides is 1. The maximum Gasteiger partial charge on any atom is 0.260 e. The third-order valence-electron chi connectivity index (χ3n) is 3.28. The Hall–Kier alpha value is -3.81. The molecule has 0 fully saturated rings. The summed E-state index contributed by atoms with van der Waals surface area (Å²) in [6, 6.07) is 10.4. The van der Waals surface area contributed by atoms with Gasteiger partial charge in [-0.2, -0.15) is 0 Å². The third-order valence-corrected chi connectivity index (χ3v) is 3.28. The zero-order valence-corrected chi connectivity index (χ0v) is 14.0. The van der Waals surface area contributed by atoms with Crippen LogP contribution in [0.15, 0.2) is 60.0 Å². The highest BCUT2D eigenvalue weighted by Gasteiger charge is 2.15. The maximum absolute atomic E-state index is 12.7. The van der Waals surface area contributed by atoms with E-state index >= 15 is 0 Å². The van der Waals surface area contributed by atoms with E-state index in [2.05, 4.69) is 25.3 Å². The Kier molecular flexibility index (Phi) is 5.14. The minimum Gasteiger partial charge on any atom is -0.454 e. The minimum atomic E-state index is -0.423. The Bertz CT molecular complexity index is 943. The fourth-order valence-corrected chi connectivity index (χ4v) is 2.17. The highest BCUT2D eigenvalue weighted by molar-refractivity contribution is 6.07. The van der Waals surface area contributed by atoms with Crippen molar-refractivity contribution in [2.24, 2.45) is 10.7 Å². The largest absolute Gasteiger partial charge is 0.454 e. The van der Waals surface area contributed by atoms with E-state index in [0.29, 0.717) is 17.3 Å². The number of carbonyl (C=O) groups is 1. The topological polar surface area (TPSA) is 115 Å². The molecule has 26 heavy (non-hydrogen) atoms. The Labute approximate surface area is 149 Å². The Morgan fingerprint density at radius 3 is 2.85 bits per heavy atom. The number of aryl methyl sites for hydroxylation is 1. The summed E-state index contributed by atoms with van der Waals surface area (Å²) in [7, 11) is 0. The third kappa shape index (κ3) is 4.18. The summed E-state index contributed by atoms with van der Waals surface area (Å²) in [6.07, 6.45) is 5.73. The summed E-state index contributed by atoms with van der Waals surface area (Å²) < 4.78 is 5.67. The summed E-state index contributed by atoms with van der Waals surface area (Å²) in [5.74, 6) is 1.08. The van der Waals surface area contributed by atoms with Crippen LogP contribution in [-0.2, 0) is 0 Å². The van der Waals surface area contributed by atoms with Gasteiger partial charge < -0.3 is 15.8 Å². The second-order valence-electron chi connectivity index (χ2n) is 5.23. The molecule has 3 rings (SSSR count). The van der Waals surface area contributed by atoms with Crippen molar-refractivity contribution in [1.29, 1.82) is 0 Å². The van der Waals surface area contributed by atoms with Crippen LogP contribution in [0.3, 0.4) is 0 Å². The first-order valence-electron chi connectivity index (χ1n) is 7.73. The standard InChI is InChI=1S/C18H16N6O2/c1-12-4-2-6-16(23-12)24-18(25)15-8-14(10-21-17(15)22-11-19)26-13-5-3-7-20-9-13/h2-11H,1H3,(H2,19,21,22)(H,23,24,25). The predicted molar refractivity (Wildman–Crippen MR) is 97.8 cm³/mol. The van der Waals surface area contributed by atoms with Crippen LogP contribution in [0.25, 0.3) is 0 Å². The fraction of sp³-hybridized carbons (Fsp3) is 0.0556. The monoisotopic (exact) mass is 348 g/mol. The van der Waals surface area contributed by atoms with Gasteiger partial charge in [0.15, 0.2) is 5.82 Å². The number of pyridine rings is 3. The quantitative estimate of drug-likeness (QED) is 0.541. The second kappa shape index (κ2) is 7.84. The molecule has 0 saturated carbocycles. The number of nitrogens with two attached hydrogens (primary N) is 1. The van der Waals surface area contributed by atoms with Crippen LogP contribution >= 0.6 is 0 Å². The number of hydrogen-bond acceptors (Lipinski definition) is 6. The van der Waals surface area contributed by atoms with Crippen molar-refractivity contribution in [1.82, 2.24) is 15.0 Å². The Balaban J connectivity index is 1.89. The molecular formula is C18H16N6O2. The number of aromatic nitrogens is 3. The Morgan fingerprint density at radius 2 is 2.12 bits per heavy atom. The van der Waals surface area contributed by atoms with E-state index in [1.54, 1.807) is 36.7 Å². The molecule has 8 heteroatoms. The number of anilines is 1. The minimum absolute atomic E-state index is 0.177. The van der Waals surface area contributed by atoms with E-state index in [1.807, 2.05) is 13.0 Å². The highest BCUT2D eigenvalue weighted by atomic mass is 16.5. The summed E-state index contributed by atoms with van der Waals surface area (Å²) in [4.78, 5) is 28.9. The molecule has 0 aromatic carbocycles. The van der Waals surface area contributed by atoms with Gasteiger partial charge >= 0.3 is 0 Å². The lowest BCUT2D eigenvalue weighted by Gasteiger charge is -2.10. The van der Waals surface area contributed by atoms with Crippen LogP contribution in [-0.4, -0.2) is 27.2 Å². The van der Waals surface area contributed by atoms with Crippen LogP contribution in [0.1, 0.15) is 16.1 Å². The molecule has 0 radical (unpaired) electrons. The van der Waals surface area contributed by atoms with Gasteiger partial charge in [0.1, 0.15) is 17.3 Å². The number of hydrogen-bond donors (Lipinski definition) is 2. The van der Waals surface area contributed by atoms with Crippen molar-refractivity contribution in [2.75, 3.05) is 5.32 Å². The zero-order valence-electron chi connectivity index (χ0n) is 14.0. The zero-order chi connectivity index (χ0) is 18.4. The summed E-state index contributed by atoms with van der Waals surface area (Å²) in [6.45, 7) is 1.84. The fourth-order valence-electron chi connectivity index (χ4n) is 2.17. The number of ether oxygens (including phenoxy) is 1. The van der Waals surface area contributed by atoms with Crippen molar-refractivity contribution in [3.05, 3.63) is 66.2 Å². The molecule has 0 aliphatic rings. The summed E-state index contributed by atoms with van der Waals surface area (Å²) in [5.41, 5.74) is 6.34. The first-order chi connectivity index (χ1) is 12.7. The van der Waals surface area contributed by atoms with E-state index in [4.69, 9.17) is 10.5 Å². The molecule has 0 saturated heterocycles. The van der Waals surface area contributed by atoms with Crippen molar-refractivity contribution in [2.45, 2.75) is 6.92 Å². The van der Waals surface area contributed by atoms with Crippen LogP contribution < -0.4 is 15.8 Å². The first-order valence-corrected chi connectivity index (χ1v) is 7.73. The first kappa shape index (κ1) is 17.0. The van der Waals surface area contributed by atoms with Crippen molar-refractivity contribution >= 4 is 23.9 Å². The summed E-state index contributed by atoms with van der Waals surface area (Å²) in [5, 5.41) is 2.72. The molecule has 3 aromatic heterocycles. The van der Waals surface area contributed by atoms with Gasteiger partial charge in [0.05, 0.1) is 24.3 Å². The van der Waals surface area contributed by atoms with E-state index in [1.165, 1.54) is 12.3 Å². The number of aliphatic imine (C=N–C) groups is 1. The van der Waals surface area contributed by atoms with Crippen LogP contribution in [0.2, 0.25) is 0 Å². The van der Waals surface area contributed by atoms with E-state index in [0.717, 1.165) is 12.0 Å². The van der Waals surface area contributed by atoms with Crippen LogP contribution in [0.5, 0.6) is 11.5 Å². The average Bonchev–Trinajstić information content (AvgIpc) is 2.64. The van der Waals surface area contributed by atoms with Gasteiger partial charge in [-0.15, -0.1) is 0 Å². The van der Waals surface area contributed by atoms with Gasteiger partial charge in [0.25, 0.3) is 5.91 Å². The SMILES string of the molecule is Cc1cccc(NC(=O)c2cc(Oc3cccnc3)cnc2/N=C\N)n1. The number of carbonyl (C=O) groups excluding carboxylic acids is 1. The van der Waals surface area contributed by atoms with E-state index in [-0.39, 0.29) is 11.4 Å². The molecule has 0 unspecified atom stereocenters. The molecule has 130 valence electrons. The second-order valence-corrected chi connectivity index (χ2v) is 5.23. The molecule has 0 atom stereocenters. The van der Waals surface area contributed by atoms with Crippen molar-refractivity contribution in [3.8, 4) is 11.5 Å². The molecule has 8 nitrogen and oxygen atoms in total. The molecule has 0 aliphatic heterocycles. The summed E-state index contributed by atoms with van der Waals surface area (Å²) >= 11 is 0. The molecular weight excluding hydrogens is 332 g/mol. The predicted octanol–water partition coefficient (Wildman–Crippen LogP) is 2.84. The van der Waals surface area contributed by atoms with Crippen molar-refractivity contribution < 1.29 is 9.53 Å². The smallest absolute Gasteiger partial charge is 0.260 e. The van der Waals surface area contributed by atoms with E-state index < -0.39 is 5.91 Å². The lowest BCUT2D eigenvalue weighted by atomic mass is 10.2. The van der Waals surface area contributed by atoms with Gasteiger partial charge in [-0.25, -0.2) is 15.0 Å². The number of nitrogens with zero attached hydrogens (tertiary/aromatic N) is 4. The van der Waals surface area contributed by atoms with Crippen LogP contribution in [0.4, 0.5) is 11.6 Å². The normalized spacial score (nSPS) is 10.7. The number of rotatable bonds is 5. The lowest BCUT2D eigenvalue weighted by molar-refractivity contribution is 0.102. The van der Waals surface area contributed by atoms with Gasteiger partial charge in [-0.1, -0.05) is 6.07 Å². The van der Waals surface area contributed by atoms with E-state index in [9.17, 15) is 4.79 Å². The molecule has 0 bridgehead atoms. The molecule has 0 aliphatic carbocycles.